The van der Waals surface area contributed by atoms with E-state index in [0.717, 1.165) is 24.1 Å². The maximum Gasteiger partial charge on any atom is 0.254 e. The van der Waals surface area contributed by atoms with Crippen LogP contribution in [-0.4, -0.2) is 33.7 Å². The van der Waals surface area contributed by atoms with Crippen molar-refractivity contribution in [2.24, 2.45) is 11.5 Å². The van der Waals surface area contributed by atoms with E-state index in [9.17, 15) is 9.59 Å². The first-order valence-electron chi connectivity index (χ1n) is 8.49. The van der Waals surface area contributed by atoms with Crippen LogP contribution in [0.5, 0.6) is 0 Å². The molecule has 8 heteroatoms. The minimum absolute atomic E-state index is 0.0412. The molecular weight excluding hydrogens is 332 g/mol. The summed E-state index contributed by atoms with van der Waals surface area (Å²) in [6.07, 6.45) is 3.38. The molecule has 0 aliphatic heterocycles. The highest BCUT2D eigenvalue weighted by atomic mass is 16.1. The lowest BCUT2D eigenvalue weighted by molar-refractivity contribution is -0.121. The van der Waals surface area contributed by atoms with E-state index in [-0.39, 0.29) is 29.2 Å². The van der Waals surface area contributed by atoms with Gasteiger partial charge in [0, 0.05) is 24.3 Å². The Morgan fingerprint density at radius 1 is 1.35 bits per heavy atom. The number of primary amides is 1. The monoisotopic (exact) mass is 354 g/mol. The number of carbonyl (C=O) groups is 2. The summed E-state index contributed by atoms with van der Waals surface area (Å²) in [4.78, 5) is 32.3. The smallest absolute Gasteiger partial charge is 0.254 e. The fourth-order valence-electron chi connectivity index (χ4n) is 2.99. The number of nitrogens with two attached hydrogens (primary N) is 2. The van der Waals surface area contributed by atoms with E-state index < -0.39 is 11.9 Å². The molecule has 0 saturated heterocycles. The third-order valence-corrected chi connectivity index (χ3v) is 4.36. The predicted molar refractivity (Wildman–Crippen MR) is 99.3 cm³/mol. The van der Waals surface area contributed by atoms with E-state index in [1.54, 1.807) is 0 Å². The highest BCUT2D eigenvalue weighted by molar-refractivity contribution is 5.98. The molecule has 1 heterocycles. The van der Waals surface area contributed by atoms with Crippen LogP contribution in [-0.2, 0) is 4.79 Å². The van der Waals surface area contributed by atoms with E-state index in [4.69, 9.17) is 11.5 Å². The van der Waals surface area contributed by atoms with Gasteiger partial charge in [-0.25, -0.2) is 4.98 Å². The van der Waals surface area contributed by atoms with Gasteiger partial charge in [-0.3, -0.25) is 9.59 Å². The van der Waals surface area contributed by atoms with Crippen LogP contribution in [0, 0.1) is 6.92 Å². The zero-order valence-electron chi connectivity index (χ0n) is 14.5. The maximum absolute atomic E-state index is 12.1. The molecule has 1 aromatic carbocycles. The summed E-state index contributed by atoms with van der Waals surface area (Å²) in [6.45, 7) is 1.96. The molecule has 26 heavy (non-hydrogen) atoms. The first kappa shape index (κ1) is 17.8. The van der Waals surface area contributed by atoms with Crippen LogP contribution in [0.1, 0.15) is 35.2 Å². The molecule has 3 rings (SSSR count). The van der Waals surface area contributed by atoms with E-state index >= 15 is 0 Å². The number of nitrogens with zero attached hydrogens (tertiary/aromatic N) is 2. The van der Waals surface area contributed by atoms with Gasteiger partial charge in [0.1, 0.15) is 17.4 Å². The number of hydrogen-bond acceptors (Lipinski definition) is 7. The lowest BCUT2D eigenvalue weighted by Gasteiger charge is -2.28. The lowest BCUT2D eigenvalue weighted by Crippen LogP contribution is -2.48. The molecule has 1 fully saturated rings. The standard InChI is InChI=1S/C18H22N6O2/c1-10-4-2-5-11(8-10)22-17-12(16(20)26)9-21-18(24-17)23-15-13(19)6-3-7-14(15)25/h2,4-5,8-9,13,15H,3,6-7,19H2,1H3,(H2,20,26)(H2,21,22,23,24)/t13?,15-/m0/s1. The molecular formula is C18H22N6O2. The van der Waals surface area contributed by atoms with Crippen LogP contribution in [0.3, 0.4) is 0 Å². The van der Waals surface area contributed by atoms with Gasteiger partial charge in [-0.1, -0.05) is 12.1 Å². The van der Waals surface area contributed by atoms with Crippen LogP contribution in [0.2, 0.25) is 0 Å². The molecule has 2 atom stereocenters. The number of amides is 1. The number of aromatic nitrogens is 2. The molecule has 6 N–H and O–H groups in total. The fourth-order valence-corrected chi connectivity index (χ4v) is 2.99. The Morgan fingerprint density at radius 2 is 2.15 bits per heavy atom. The molecule has 2 aromatic rings. The molecule has 1 aliphatic carbocycles. The quantitative estimate of drug-likeness (QED) is 0.638. The SMILES string of the molecule is Cc1cccc(Nc2nc(N[C@@H]3C(=O)CCCC3N)ncc2C(N)=O)c1. The second kappa shape index (κ2) is 7.49. The lowest BCUT2D eigenvalue weighted by atomic mass is 9.90. The maximum atomic E-state index is 12.1. The Labute approximate surface area is 151 Å². The van der Waals surface area contributed by atoms with Gasteiger partial charge in [-0.05, 0) is 37.5 Å². The normalized spacial score (nSPS) is 19.8. The number of benzene rings is 1. The van der Waals surface area contributed by atoms with E-state index in [0.29, 0.717) is 6.42 Å². The van der Waals surface area contributed by atoms with Gasteiger partial charge in [0.2, 0.25) is 5.95 Å². The van der Waals surface area contributed by atoms with Crippen LogP contribution in [0.4, 0.5) is 17.5 Å². The second-order valence-electron chi connectivity index (χ2n) is 6.46. The minimum Gasteiger partial charge on any atom is -0.365 e. The fraction of sp³-hybridized carbons (Fsp3) is 0.333. The summed E-state index contributed by atoms with van der Waals surface area (Å²) in [5.74, 6) is -0.102. The zero-order valence-corrected chi connectivity index (χ0v) is 14.5. The summed E-state index contributed by atoms with van der Waals surface area (Å²) >= 11 is 0. The van der Waals surface area contributed by atoms with Gasteiger partial charge in [0.25, 0.3) is 5.91 Å². The largest absolute Gasteiger partial charge is 0.365 e. The van der Waals surface area contributed by atoms with Crippen molar-refractivity contribution >= 4 is 29.1 Å². The molecule has 0 bridgehead atoms. The number of nitrogens with one attached hydrogen (secondary N) is 2. The Balaban J connectivity index is 1.88. The predicted octanol–water partition coefficient (Wildman–Crippen LogP) is 1.49. The van der Waals surface area contributed by atoms with Crippen LogP contribution < -0.4 is 22.1 Å². The molecule has 8 nitrogen and oxygen atoms in total. The van der Waals surface area contributed by atoms with E-state index in [2.05, 4.69) is 20.6 Å². The number of carbonyl (C=O) groups excluding carboxylic acids is 2. The zero-order chi connectivity index (χ0) is 18.7. The number of Topliss-reactive ketones (excluding diaryl/α,β-unsaturated/α-hetero) is 1. The number of rotatable bonds is 5. The van der Waals surface area contributed by atoms with Crippen molar-refractivity contribution in [1.82, 2.24) is 9.97 Å². The van der Waals surface area contributed by atoms with Gasteiger partial charge in [-0.15, -0.1) is 0 Å². The Bertz CT molecular complexity index is 838. The van der Waals surface area contributed by atoms with Crippen molar-refractivity contribution in [1.29, 1.82) is 0 Å². The summed E-state index contributed by atoms with van der Waals surface area (Å²) in [5, 5.41) is 6.08. The van der Waals surface area contributed by atoms with Crippen molar-refractivity contribution in [3.63, 3.8) is 0 Å². The van der Waals surface area contributed by atoms with Crippen molar-refractivity contribution < 1.29 is 9.59 Å². The Kier molecular flexibility index (Phi) is 5.13. The first-order chi connectivity index (χ1) is 12.4. The average Bonchev–Trinajstić information content (AvgIpc) is 2.58. The number of hydrogen-bond donors (Lipinski definition) is 4. The van der Waals surface area contributed by atoms with Crippen LogP contribution in [0.25, 0.3) is 0 Å². The summed E-state index contributed by atoms with van der Waals surface area (Å²) in [6, 6.07) is 6.80. The molecule has 0 radical (unpaired) electrons. The molecule has 0 spiro atoms. The average molecular weight is 354 g/mol. The minimum atomic E-state index is -0.642. The van der Waals surface area contributed by atoms with E-state index in [1.165, 1.54) is 6.20 Å². The summed E-state index contributed by atoms with van der Waals surface area (Å²) in [5.41, 5.74) is 13.5. The topological polar surface area (TPSA) is 136 Å². The van der Waals surface area contributed by atoms with Gasteiger partial charge >= 0.3 is 0 Å². The van der Waals surface area contributed by atoms with Crippen LogP contribution in [0.15, 0.2) is 30.5 Å². The molecule has 136 valence electrons. The highest BCUT2D eigenvalue weighted by Crippen LogP contribution is 2.22. The molecule has 1 saturated carbocycles. The molecule has 1 aromatic heterocycles. The number of ketones is 1. The highest BCUT2D eigenvalue weighted by Gasteiger charge is 2.30. The Morgan fingerprint density at radius 3 is 2.85 bits per heavy atom. The Hall–Kier alpha value is -3.00. The van der Waals surface area contributed by atoms with Gasteiger partial charge < -0.3 is 22.1 Å². The third kappa shape index (κ3) is 3.97. The molecule has 1 amide bonds. The van der Waals surface area contributed by atoms with Crippen molar-refractivity contribution in [3.8, 4) is 0 Å². The van der Waals surface area contributed by atoms with Crippen molar-refractivity contribution in [2.75, 3.05) is 10.6 Å². The van der Waals surface area contributed by atoms with Gasteiger partial charge in [0.05, 0.1) is 0 Å². The third-order valence-electron chi connectivity index (χ3n) is 4.36. The number of anilines is 3. The first-order valence-corrected chi connectivity index (χ1v) is 8.49. The number of aryl methyl sites for hydroxylation is 1. The van der Waals surface area contributed by atoms with Gasteiger partial charge in [0.15, 0.2) is 5.78 Å². The molecule has 1 unspecified atom stereocenters. The van der Waals surface area contributed by atoms with Crippen molar-refractivity contribution in [3.05, 3.63) is 41.6 Å². The van der Waals surface area contributed by atoms with Gasteiger partial charge in [-0.2, -0.15) is 4.98 Å². The molecule has 1 aliphatic rings. The van der Waals surface area contributed by atoms with Crippen LogP contribution >= 0.6 is 0 Å². The van der Waals surface area contributed by atoms with E-state index in [1.807, 2.05) is 31.2 Å². The second-order valence-corrected chi connectivity index (χ2v) is 6.46. The summed E-state index contributed by atoms with van der Waals surface area (Å²) < 4.78 is 0. The summed E-state index contributed by atoms with van der Waals surface area (Å²) in [7, 11) is 0. The van der Waals surface area contributed by atoms with Crippen molar-refractivity contribution in [2.45, 2.75) is 38.3 Å².